The van der Waals surface area contributed by atoms with Crippen molar-refractivity contribution in [2.75, 3.05) is 18.2 Å². The molecule has 4 rings (SSSR count). The maximum absolute atomic E-state index is 12.7. The topological polar surface area (TPSA) is 97.0 Å². The minimum atomic E-state index is -0.642. The Kier molecular flexibility index (Phi) is 6.63. The molecule has 0 spiro atoms. The zero-order valence-corrected chi connectivity index (χ0v) is 19.4. The van der Waals surface area contributed by atoms with Gasteiger partial charge in [-0.3, -0.25) is 9.36 Å². The van der Waals surface area contributed by atoms with Gasteiger partial charge in [0.25, 0.3) is 5.91 Å². The van der Waals surface area contributed by atoms with E-state index in [0.717, 1.165) is 35.4 Å². The van der Waals surface area contributed by atoms with E-state index in [-0.39, 0.29) is 5.69 Å². The van der Waals surface area contributed by atoms with Gasteiger partial charge in [0.05, 0.1) is 11.8 Å². The summed E-state index contributed by atoms with van der Waals surface area (Å²) < 4.78 is 6.98. The van der Waals surface area contributed by atoms with Gasteiger partial charge < -0.3 is 10.1 Å². The lowest BCUT2D eigenvalue weighted by Gasteiger charge is -2.17. The molecule has 1 aliphatic carbocycles. The molecule has 2 heterocycles. The fourth-order valence-electron chi connectivity index (χ4n) is 3.77. The van der Waals surface area contributed by atoms with Gasteiger partial charge in [-0.15, -0.1) is 11.3 Å². The Balaban J connectivity index is 1.45. The maximum Gasteiger partial charge on any atom is 0.357 e. The number of carbonyl (C=O) groups is 2. The van der Waals surface area contributed by atoms with Crippen LogP contribution in [-0.4, -0.2) is 34.3 Å². The van der Waals surface area contributed by atoms with Gasteiger partial charge in [-0.1, -0.05) is 36.9 Å². The SMILES string of the molecule is CSc1ncc(C(=O)OCC(=O)Nc2sc3c(c2C#N)CCC(C)C3)n1-c1ccccc1. The Labute approximate surface area is 194 Å². The predicted molar refractivity (Wildman–Crippen MR) is 124 cm³/mol. The summed E-state index contributed by atoms with van der Waals surface area (Å²) in [5.74, 6) is -0.549. The van der Waals surface area contributed by atoms with E-state index in [1.165, 1.54) is 29.3 Å². The summed E-state index contributed by atoms with van der Waals surface area (Å²) in [5.41, 5.74) is 2.59. The lowest BCUT2D eigenvalue weighted by atomic mass is 9.89. The summed E-state index contributed by atoms with van der Waals surface area (Å²) in [5, 5.41) is 13.5. The Hall–Kier alpha value is -3.09. The van der Waals surface area contributed by atoms with Crippen LogP contribution in [0.4, 0.5) is 5.00 Å². The van der Waals surface area contributed by atoms with Gasteiger partial charge >= 0.3 is 5.97 Å². The van der Waals surface area contributed by atoms with E-state index < -0.39 is 18.5 Å². The number of fused-ring (bicyclic) bond motifs is 1. The highest BCUT2D eigenvalue weighted by Gasteiger charge is 2.25. The number of thioether (sulfide) groups is 1. The average molecular weight is 467 g/mol. The summed E-state index contributed by atoms with van der Waals surface area (Å²) in [4.78, 5) is 30.7. The second kappa shape index (κ2) is 9.59. The third-order valence-electron chi connectivity index (χ3n) is 5.35. The Morgan fingerprint density at radius 2 is 2.16 bits per heavy atom. The number of rotatable bonds is 6. The number of ether oxygens (including phenoxy) is 1. The largest absolute Gasteiger partial charge is 0.451 e. The number of amides is 1. The van der Waals surface area contributed by atoms with Crippen LogP contribution in [0.15, 0.2) is 41.7 Å². The third-order valence-corrected chi connectivity index (χ3v) is 7.17. The molecule has 3 aromatic rings. The second-order valence-electron chi connectivity index (χ2n) is 7.59. The molecule has 1 amide bonds. The van der Waals surface area contributed by atoms with Gasteiger partial charge in [0.2, 0.25) is 0 Å². The highest BCUT2D eigenvalue weighted by atomic mass is 32.2. The molecule has 1 unspecified atom stereocenters. The van der Waals surface area contributed by atoms with Crippen LogP contribution in [-0.2, 0) is 22.4 Å². The summed E-state index contributed by atoms with van der Waals surface area (Å²) >= 11 is 2.85. The number of nitriles is 1. The minimum absolute atomic E-state index is 0.242. The van der Waals surface area contributed by atoms with Crippen LogP contribution in [0.1, 0.15) is 39.8 Å². The van der Waals surface area contributed by atoms with Crippen molar-refractivity contribution in [3.63, 3.8) is 0 Å². The van der Waals surface area contributed by atoms with Crippen molar-refractivity contribution in [3.8, 4) is 11.8 Å². The lowest BCUT2D eigenvalue weighted by molar-refractivity contribution is -0.119. The van der Waals surface area contributed by atoms with E-state index in [9.17, 15) is 14.9 Å². The van der Waals surface area contributed by atoms with Crippen molar-refractivity contribution in [2.45, 2.75) is 31.3 Å². The molecule has 9 heteroatoms. The molecule has 0 bridgehead atoms. The van der Waals surface area contributed by atoms with Crippen molar-refractivity contribution >= 4 is 40.0 Å². The molecule has 1 aliphatic rings. The Morgan fingerprint density at radius 1 is 1.38 bits per heavy atom. The molecule has 0 radical (unpaired) electrons. The van der Waals surface area contributed by atoms with Gasteiger partial charge in [-0.25, -0.2) is 9.78 Å². The molecule has 0 saturated heterocycles. The van der Waals surface area contributed by atoms with Gasteiger partial charge in [-0.2, -0.15) is 5.26 Å². The van der Waals surface area contributed by atoms with Crippen LogP contribution in [0, 0.1) is 17.2 Å². The molecule has 32 heavy (non-hydrogen) atoms. The number of nitrogens with one attached hydrogen (secondary N) is 1. The first-order valence-electron chi connectivity index (χ1n) is 10.2. The van der Waals surface area contributed by atoms with Crippen LogP contribution >= 0.6 is 23.1 Å². The number of benzene rings is 1. The van der Waals surface area contributed by atoms with Crippen LogP contribution in [0.5, 0.6) is 0 Å². The van der Waals surface area contributed by atoms with E-state index in [0.29, 0.717) is 21.6 Å². The monoisotopic (exact) mass is 466 g/mol. The fourth-order valence-corrected chi connectivity index (χ4v) is 5.70. The Bertz CT molecular complexity index is 1190. The molecule has 0 aliphatic heterocycles. The van der Waals surface area contributed by atoms with Crippen LogP contribution in [0.25, 0.3) is 5.69 Å². The molecular formula is C23H22N4O3S2. The lowest BCUT2D eigenvalue weighted by Crippen LogP contribution is -2.22. The molecule has 1 N–H and O–H groups in total. The molecule has 164 valence electrons. The third kappa shape index (κ3) is 4.42. The summed E-state index contributed by atoms with van der Waals surface area (Å²) in [6, 6.07) is 11.6. The van der Waals surface area contributed by atoms with Crippen molar-refractivity contribution < 1.29 is 14.3 Å². The number of carbonyl (C=O) groups excluding carboxylic acids is 2. The number of nitrogens with zero attached hydrogens (tertiary/aromatic N) is 3. The molecule has 7 nitrogen and oxygen atoms in total. The number of esters is 1. The van der Waals surface area contributed by atoms with Crippen molar-refractivity contribution in [1.82, 2.24) is 9.55 Å². The molecule has 0 fully saturated rings. The van der Waals surface area contributed by atoms with Gasteiger partial charge in [0.1, 0.15) is 11.1 Å². The normalized spacial score (nSPS) is 15.0. The summed E-state index contributed by atoms with van der Waals surface area (Å²) in [7, 11) is 0. The number of aromatic nitrogens is 2. The van der Waals surface area contributed by atoms with E-state index in [1.807, 2.05) is 36.6 Å². The predicted octanol–water partition coefficient (Wildman–Crippen LogP) is 4.45. The van der Waals surface area contributed by atoms with Gasteiger partial charge in [0.15, 0.2) is 17.5 Å². The highest BCUT2D eigenvalue weighted by Crippen LogP contribution is 2.39. The first kappa shape index (κ1) is 22.1. The quantitative estimate of drug-likeness (QED) is 0.426. The van der Waals surface area contributed by atoms with Crippen molar-refractivity contribution in [1.29, 1.82) is 5.26 Å². The first-order chi connectivity index (χ1) is 15.5. The van der Waals surface area contributed by atoms with E-state index >= 15 is 0 Å². The fraction of sp³-hybridized carbons (Fsp3) is 0.304. The Morgan fingerprint density at radius 3 is 2.88 bits per heavy atom. The molecule has 1 aromatic carbocycles. The van der Waals surface area contributed by atoms with E-state index in [4.69, 9.17) is 4.74 Å². The van der Waals surface area contributed by atoms with Crippen LogP contribution < -0.4 is 5.32 Å². The number of para-hydroxylation sites is 1. The van der Waals surface area contributed by atoms with E-state index in [1.54, 1.807) is 4.57 Å². The zero-order chi connectivity index (χ0) is 22.7. The van der Waals surface area contributed by atoms with Crippen molar-refractivity contribution in [2.24, 2.45) is 5.92 Å². The second-order valence-corrected chi connectivity index (χ2v) is 9.47. The molecule has 0 saturated carbocycles. The summed E-state index contributed by atoms with van der Waals surface area (Å²) in [6.07, 6.45) is 6.12. The number of anilines is 1. The number of thiophene rings is 1. The van der Waals surface area contributed by atoms with Crippen molar-refractivity contribution in [3.05, 3.63) is 58.2 Å². The average Bonchev–Trinajstić information content (AvgIpc) is 3.38. The molecular weight excluding hydrogens is 444 g/mol. The smallest absolute Gasteiger partial charge is 0.357 e. The highest BCUT2D eigenvalue weighted by molar-refractivity contribution is 7.98. The van der Waals surface area contributed by atoms with E-state index in [2.05, 4.69) is 23.3 Å². The number of hydrogen-bond acceptors (Lipinski definition) is 7. The molecule has 1 atom stereocenters. The maximum atomic E-state index is 12.7. The minimum Gasteiger partial charge on any atom is -0.451 e. The number of hydrogen-bond donors (Lipinski definition) is 1. The summed E-state index contributed by atoms with van der Waals surface area (Å²) in [6.45, 7) is 1.74. The van der Waals surface area contributed by atoms with Crippen LogP contribution in [0.2, 0.25) is 0 Å². The first-order valence-corrected chi connectivity index (χ1v) is 12.2. The van der Waals surface area contributed by atoms with Crippen LogP contribution in [0.3, 0.4) is 0 Å². The zero-order valence-electron chi connectivity index (χ0n) is 17.8. The molecule has 2 aromatic heterocycles. The standard InChI is InChI=1S/C23H22N4O3S2/c1-14-8-9-16-17(11-24)21(32-19(16)10-14)26-20(28)13-30-22(29)18-12-25-23(31-2)27(18)15-6-4-3-5-7-15/h3-7,12,14H,8-10,13H2,1-2H3,(H,26,28). The van der Waals surface area contributed by atoms with Gasteiger partial charge in [0, 0.05) is 10.6 Å². The van der Waals surface area contributed by atoms with Gasteiger partial charge in [-0.05, 0) is 49.1 Å². The number of imidazole rings is 1.